The van der Waals surface area contributed by atoms with Gasteiger partial charge in [0.2, 0.25) is 0 Å². The fourth-order valence-electron chi connectivity index (χ4n) is 1.89. The Morgan fingerprint density at radius 1 is 1.27 bits per heavy atom. The number of rotatable bonds is 7. The van der Waals surface area contributed by atoms with Gasteiger partial charge in [-0.25, -0.2) is 4.98 Å². The molecule has 0 spiro atoms. The number of nitrogens with one attached hydrogen (secondary N) is 1. The summed E-state index contributed by atoms with van der Waals surface area (Å²) in [5, 5.41) is 3.87. The van der Waals surface area contributed by atoms with E-state index in [-0.39, 0.29) is 12.5 Å². The zero-order valence-electron chi connectivity index (χ0n) is 13.0. The average molecular weight is 320 g/mol. The normalized spacial score (nSPS) is 10.3. The Morgan fingerprint density at radius 3 is 2.64 bits per heavy atom. The van der Waals surface area contributed by atoms with Crippen LogP contribution in [0.4, 0.5) is 0 Å². The van der Waals surface area contributed by atoms with Crippen LogP contribution in [0.25, 0.3) is 0 Å². The molecular formula is C16H20N2O3S. The number of hydrogen-bond donors (Lipinski definition) is 1. The van der Waals surface area contributed by atoms with Gasteiger partial charge in [-0.05, 0) is 26.0 Å². The lowest BCUT2D eigenvalue weighted by Gasteiger charge is -2.10. The molecule has 0 saturated heterocycles. The van der Waals surface area contributed by atoms with Crippen LogP contribution in [0.2, 0.25) is 0 Å². The minimum atomic E-state index is -0.157. The molecule has 1 N–H and O–H groups in total. The number of aromatic nitrogens is 1. The largest absolute Gasteiger partial charge is 0.493 e. The summed E-state index contributed by atoms with van der Waals surface area (Å²) in [6.45, 7) is 4.57. The van der Waals surface area contributed by atoms with Gasteiger partial charge in [0.15, 0.2) is 18.1 Å². The van der Waals surface area contributed by atoms with Crippen LogP contribution in [0.3, 0.4) is 0 Å². The number of para-hydroxylation sites is 2. The first-order valence-electron chi connectivity index (χ1n) is 7.05. The van der Waals surface area contributed by atoms with Crippen molar-refractivity contribution in [3.05, 3.63) is 39.8 Å². The van der Waals surface area contributed by atoms with Gasteiger partial charge >= 0.3 is 0 Å². The molecule has 22 heavy (non-hydrogen) atoms. The first kappa shape index (κ1) is 16.3. The quantitative estimate of drug-likeness (QED) is 0.851. The molecule has 2 aromatic rings. The third-order valence-corrected chi connectivity index (χ3v) is 4.29. The van der Waals surface area contributed by atoms with Gasteiger partial charge in [-0.3, -0.25) is 4.79 Å². The molecule has 0 atom stereocenters. The van der Waals surface area contributed by atoms with Gasteiger partial charge in [-0.15, -0.1) is 11.3 Å². The molecule has 0 radical (unpaired) electrons. The first-order valence-corrected chi connectivity index (χ1v) is 7.87. The molecular weight excluding hydrogens is 300 g/mol. The van der Waals surface area contributed by atoms with Gasteiger partial charge in [0.1, 0.15) is 0 Å². The maximum absolute atomic E-state index is 11.8. The predicted molar refractivity (Wildman–Crippen MR) is 86.8 cm³/mol. The van der Waals surface area contributed by atoms with Gasteiger partial charge < -0.3 is 14.8 Å². The first-order chi connectivity index (χ1) is 10.6. The summed E-state index contributed by atoms with van der Waals surface area (Å²) >= 11 is 1.67. The Balaban J connectivity index is 1.74. The fraction of sp³-hybridized carbons (Fsp3) is 0.375. The molecule has 1 heterocycles. The van der Waals surface area contributed by atoms with Crippen molar-refractivity contribution >= 4 is 17.2 Å². The number of benzene rings is 1. The van der Waals surface area contributed by atoms with Crippen molar-refractivity contribution in [1.82, 2.24) is 10.3 Å². The summed E-state index contributed by atoms with van der Waals surface area (Å²) in [5.74, 6) is 1.02. The highest BCUT2D eigenvalue weighted by Gasteiger charge is 2.08. The highest BCUT2D eigenvalue weighted by atomic mass is 32.1. The van der Waals surface area contributed by atoms with E-state index in [0.29, 0.717) is 18.0 Å². The van der Waals surface area contributed by atoms with Crippen molar-refractivity contribution < 1.29 is 14.3 Å². The molecule has 0 fully saturated rings. The van der Waals surface area contributed by atoms with Crippen molar-refractivity contribution in [1.29, 1.82) is 0 Å². The minimum Gasteiger partial charge on any atom is -0.493 e. The number of methoxy groups -OCH3 is 1. The minimum absolute atomic E-state index is 0.0315. The summed E-state index contributed by atoms with van der Waals surface area (Å²) in [4.78, 5) is 17.5. The molecule has 0 saturated carbocycles. The standard InChI is InChI=1S/C16H20N2O3S/c1-11-12(2)22-16(18-11)8-9-17-15(19)10-21-14-7-5-4-6-13(14)20-3/h4-7H,8-10H2,1-3H3,(H,17,19). The van der Waals surface area contributed by atoms with Crippen molar-refractivity contribution in [2.24, 2.45) is 0 Å². The SMILES string of the molecule is COc1ccccc1OCC(=O)NCCc1nc(C)c(C)s1. The van der Waals surface area contributed by atoms with Gasteiger partial charge in [-0.2, -0.15) is 0 Å². The van der Waals surface area contributed by atoms with Gasteiger partial charge in [0.05, 0.1) is 17.8 Å². The number of carbonyl (C=O) groups is 1. The van der Waals surface area contributed by atoms with Crippen LogP contribution < -0.4 is 14.8 Å². The van der Waals surface area contributed by atoms with E-state index in [1.807, 2.05) is 19.1 Å². The number of amides is 1. The summed E-state index contributed by atoms with van der Waals surface area (Å²) in [6, 6.07) is 7.25. The second-order valence-electron chi connectivity index (χ2n) is 4.79. The lowest BCUT2D eigenvalue weighted by atomic mass is 10.3. The summed E-state index contributed by atoms with van der Waals surface area (Å²) in [7, 11) is 1.57. The van der Waals surface area contributed by atoms with Gasteiger partial charge in [0.25, 0.3) is 5.91 Å². The highest BCUT2D eigenvalue weighted by Crippen LogP contribution is 2.25. The van der Waals surface area contributed by atoms with Crippen LogP contribution in [-0.4, -0.2) is 31.2 Å². The zero-order chi connectivity index (χ0) is 15.9. The molecule has 5 nitrogen and oxygen atoms in total. The molecule has 1 amide bonds. The Morgan fingerprint density at radius 2 is 2.00 bits per heavy atom. The molecule has 6 heteroatoms. The number of thiazole rings is 1. The number of nitrogens with zero attached hydrogens (tertiary/aromatic N) is 1. The molecule has 1 aromatic carbocycles. The summed E-state index contributed by atoms with van der Waals surface area (Å²) in [6.07, 6.45) is 0.736. The Kier molecular flexibility index (Phi) is 5.77. The zero-order valence-corrected chi connectivity index (χ0v) is 13.8. The number of hydrogen-bond acceptors (Lipinski definition) is 5. The van der Waals surface area contributed by atoms with Crippen molar-refractivity contribution in [2.45, 2.75) is 20.3 Å². The Labute approximate surface area is 134 Å². The third kappa shape index (κ3) is 4.46. The third-order valence-electron chi connectivity index (χ3n) is 3.16. The van der Waals surface area contributed by atoms with E-state index in [1.54, 1.807) is 30.6 Å². The second-order valence-corrected chi connectivity index (χ2v) is 6.08. The summed E-state index contributed by atoms with van der Waals surface area (Å²) < 4.78 is 10.6. The van der Waals surface area contributed by atoms with E-state index in [9.17, 15) is 4.79 Å². The second kappa shape index (κ2) is 7.79. The lowest BCUT2D eigenvalue weighted by Crippen LogP contribution is -2.30. The number of ether oxygens (including phenoxy) is 2. The molecule has 0 unspecified atom stereocenters. The Bertz CT molecular complexity index is 621. The maximum Gasteiger partial charge on any atom is 0.257 e. The summed E-state index contributed by atoms with van der Waals surface area (Å²) in [5.41, 5.74) is 1.06. The lowest BCUT2D eigenvalue weighted by molar-refractivity contribution is -0.123. The average Bonchev–Trinajstić information content (AvgIpc) is 2.84. The van der Waals surface area contributed by atoms with E-state index < -0.39 is 0 Å². The van der Waals surface area contributed by atoms with E-state index in [2.05, 4.69) is 17.2 Å². The van der Waals surface area contributed by atoms with Crippen molar-refractivity contribution in [3.63, 3.8) is 0 Å². The van der Waals surface area contributed by atoms with Crippen LogP contribution >= 0.6 is 11.3 Å². The van der Waals surface area contributed by atoms with Gasteiger partial charge in [0, 0.05) is 17.8 Å². The monoisotopic (exact) mass is 320 g/mol. The van der Waals surface area contributed by atoms with Crippen LogP contribution in [0.5, 0.6) is 11.5 Å². The van der Waals surface area contributed by atoms with Gasteiger partial charge in [-0.1, -0.05) is 12.1 Å². The van der Waals surface area contributed by atoms with Crippen LogP contribution in [0.1, 0.15) is 15.6 Å². The van der Waals surface area contributed by atoms with Crippen molar-refractivity contribution in [2.75, 3.05) is 20.3 Å². The molecule has 0 aliphatic rings. The van der Waals surface area contributed by atoms with Crippen LogP contribution in [0, 0.1) is 13.8 Å². The van der Waals surface area contributed by atoms with E-state index in [1.165, 1.54) is 4.88 Å². The molecule has 0 aliphatic heterocycles. The number of carbonyl (C=O) groups excluding carboxylic acids is 1. The molecule has 0 bridgehead atoms. The highest BCUT2D eigenvalue weighted by molar-refractivity contribution is 7.11. The van der Waals surface area contributed by atoms with Crippen LogP contribution in [0.15, 0.2) is 24.3 Å². The van der Waals surface area contributed by atoms with E-state index >= 15 is 0 Å². The maximum atomic E-state index is 11.8. The van der Waals surface area contributed by atoms with E-state index in [0.717, 1.165) is 17.1 Å². The topological polar surface area (TPSA) is 60.5 Å². The molecule has 1 aromatic heterocycles. The smallest absolute Gasteiger partial charge is 0.257 e. The Hall–Kier alpha value is -2.08. The number of aryl methyl sites for hydroxylation is 2. The predicted octanol–water partition coefficient (Wildman–Crippen LogP) is 2.51. The van der Waals surface area contributed by atoms with Crippen molar-refractivity contribution in [3.8, 4) is 11.5 Å². The molecule has 0 aliphatic carbocycles. The molecule has 2 rings (SSSR count). The molecule has 118 valence electrons. The fourth-order valence-corrected chi connectivity index (χ4v) is 2.82. The van der Waals surface area contributed by atoms with E-state index in [4.69, 9.17) is 9.47 Å². The van der Waals surface area contributed by atoms with Crippen LogP contribution in [-0.2, 0) is 11.2 Å².